The fourth-order valence-electron chi connectivity index (χ4n) is 3.23. The molecule has 3 rings (SSSR count). The average molecular weight is 457 g/mol. The first-order valence-electron chi connectivity index (χ1n) is 9.37. The molecular weight excluding hydrogens is 437 g/mol. The molecule has 0 bridgehead atoms. The number of carbonyl (C=O) groups excluding carboxylic acids is 2. The second-order valence-electron chi connectivity index (χ2n) is 7.20. The molecule has 2 aromatic rings. The highest BCUT2D eigenvalue weighted by atomic mass is 35.5. The van der Waals surface area contributed by atoms with Gasteiger partial charge in [-0.05, 0) is 44.2 Å². The maximum atomic E-state index is 12.8. The van der Waals surface area contributed by atoms with Crippen molar-refractivity contribution in [3.63, 3.8) is 0 Å². The molecule has 31 heavy (non-hydrogen) atoms. The molecule has 2 aromatic carbocycles. The molecule has 0 radical (unpaired) electrons. The van der Waals surface area contributed by atoms with Gasteiger partial charge < -0.3 is 19.7 Å². The van der Waals surface area contributed by atoms with E-state index in [1.807, 2.05) is 0 Å². The predicted octanol–water partition coefficient (Wildman–Crippen LogP) is 4.79. The lowest BCUT2D eigenvalue weighted by molar-refractivity contribution is -0.139. The van der Waals surface area contributed by atoms with Gasteiger partial charge in [-0.3, -0.25) is 9.59 Å². The molecule has 6 nitrogen and oxygen atoms in total. The largest absolute Gasteiger partial charge is 0.475 e. The van der Waals surface area contributed by atoms with Crippen LogP contribution in [0.5, 0.6) is 17.2 Å². The molecule has 1 N–H and O–H groups in total. The van der Waals surface area contributed by atoms with Gasteiger partial charge in [-0.2, -0.15) is 13.2 Å². The third kappa shape index (κ3) is 4.71. The third-order valence-electron chi connectivity index (χ3n) is 4.74. The molecule has 0 aromatic heterocycles. The number of benzene rings is 2. The van der Waals surface area contributed by atoms with Crippen molar-refractivity contribution in [1.29, 1.82) is 0 Å². The number of rotatable bonds is 5. The SMILES string of the molecule is CCNC(=O)CC1(C)Oc2cc(Oc3ccc(C(F)(F)F)cc3Cl)ccc2N(C)C1=O. The first kappa shape index (κ1) is 22.7. The summed E-state index contributed by atoms with van der Waals surface area (Å²) in [4.78, 5) is 26.2. The van der Waals surface area contributed by atoms with Gasteiger partial charge in [0.25, 0.3) is 5.91 Å². The van der Waals surface area contributed by atoms with Gasteiger partial charge in [0.15, 0.2) is 5.60 Å². The maximum absolute atomic E-state index is 12.8. The van der Waals surface area contributed by atoms with Crippen LogP contribution in [0.4, 0.5) is 18.9 Å². The molecule has 0 fully saturated rings. The van der Waals surface area contributed by atoms with Gasteiger partial charge in [-0.15, -0.1) is 0 Å². The maximum Gasteiger partial charge on any atom is 0.416 e. The van der Waals surface area contributed by atoms with E-state index >= 15 is 0 Å². The Bertz CT molecular complexity index is 1030. The number of hydrogen-bond acceptors (Lipinski definition) is 4. The molecule has 0 saturated heterocycles. The molecule has 0 aliphatic carbocycles. The zero-order valence-corrected chi connectivity index (χ0v) is 17.7. The van der Waals surface area contributed by atoms with E-state index in [1.165, 1.54) is 24.0 Å². The summed E-state index contributed by atoms with van der Waals surface area (Å²) in [6.45, 7) is 3.70. The minimum absolute atomic E-state index is 0.0277. The molecule has 0 saturated carbocycles. The van der Waals surface area contributed by atoms with E-state index in [2.05, 4.69) is 5.32 Å². The molecule has 1 aliphatic heterocycles. The lowest BCUT2D eigenvalue weighted by atomic mass is 9.97. The number of fused-ring (bicyclic) bond motifs is 1. The predicted molar refractivity (Wildman–Crippen MR) is 109 cm³/mol. The minimum Gasteiger partial charge on any atom is -0.475 e. The van der Waals surface area contributed by atoms with Crippen molar-refractivity contribution in [3.05, 3.63) is 47.0 Å². The molecular formula is C21H20ClF3N2O4. The van der Waals surface area contributed by atoms with E-state index in [1.54, 1.807) is 20.0 Å². The fourth-order valence-corrected chi connectivity index (χ4v) is 3.45. The lowest BCUT2D eigenvalue weighted by Crippen LogP contribution is -2.55. The van der Waals surface area contributed by atoms with E-state index in [-0.39, 0.29) is 40.5 Å². The number of ether oxygens (including phenoxy) is 2. The highest BCUT2D eigenvalue weighted by Crippen LogP contribution is 2.42. The Morgan fingerprint density at radius 2 is 1.97 bits per heavy atom. The molecule has 1 aliphatic rings. The Labute approximate surface area is 181 Å². The summed E-state index contributed by atoms with van der Waals surface area (Å²) in [5.41, 5.74) is -1.85. The van der Waals surface area contributed by atoms with Gasteiger partial charge in [-0.25, -0.2) is 0 Å². The topological polar surface area (TPSA) is 67.9 Å². The van der Waals surface area contributed by atoms with E-state index in [4.69, 9.17) is 21.1 Å². The van der Waals surface area contributed by atoms with Crippen molar-refractivity contribution < 1.29 is 32.2 Å². The smallest absolute Gasteiger partial charge is 0.416 e. The summed E-state index contributed by atoms with van der Waals surface area (Å²) in [5, 5.41) is 2.43. The Balaban J connectivity index is 1.87. The fraction of sp³-hybridized carbons (Fsp3) is 0.333. The summed E-state index contributed by atoms with van der Waals surface area (Å²) in [6.07, 6.45) is -4.70. The molecule has 0 spiro atoms. The van der Waals surface area contributed by atoms with Gasteiger partial charge in [0.1, 0.15) is 17.2 Å². The number of hydrogen-bond donors (Lipinski definition) is 1. The van der Waals surface area contributed by atoms with E-state index < -0.39 is 17.3 Å². The Kier molecular flexibility index (Phi) is 6.09. The molecule has 1 unspecified atom stereocenters. The second-order valence-corrected chi connectivity index (χ2v) is 7.61. The summed E-state index contributed by atoms with van der Waals surface area (Å²) >= 11 is 5.95. The van der Waals surface area contributed by atoms with Gasteiger partial charge in [0.05, 0.1) is 22.7 Å². The van der Waals surface area contributed by atoms with Crippen LogP contribution in [0.3, 0.4) is 0 Å². The number of halogens is 4. The van der Waals surface area contributed by atoms with Crippen molar-refractivity contribution >= 4 is 29.1 Å². The van der Waals surface area contributed by atoms with Crippen molar-refractivity contribution in [2.45, 2.75) is 32.0 Å². The van der Waals surface area contributed by atoms with Crippen LogP contribution in [0.2, 0.25) is 5.02 Å². The zero-order valence-electron chi connectivity index (χ0n) is 17.0. The highest BCUT2D eigenvalue weighted by Gasteiger charge is 2.45. The van der Waals surface area contributed by atoms with Crippen molar-refractivity contribution in [2.24, 2.45) is 0 Å². The molecule has 1 heterocycles. The number of carbonyl (C=O) groups is 2. The van der Waals surface area contributed by atoms with Crippen LogP contribution in [0, 0.1) is 0 Å². The molecule has 10 heteroatoms. The van der Waals surface area contributed by atoms with Crippen molar-refractivity contribution in [1.82, 2.24) is 5.32 Å². The number of likely N-dealkylation sites (N-methyl/N-ethyl adjacent to an activating group) is 1. The minimum atomic E-state index is -4.52. The monoisotopic (exact) mass is 456 g/mol. The summed E-state index contributed by atoms with van der Waals surface area (Å²) in [7, 11) is 1.56. The highest BCUT2D eigenvalue weighted by molar-refractivity contribution is 6.32. The molecule has 166 valence electrons. The summed E-state index contributed by atoms with van der Waals surface area (Å²) in [5.74, 6) is -0.164. The Morgan fingerprint density at radius 3 is 2.58 bits per heavy atom. The van der Waals surface area contributed by atoms with Crippen LogP contribution in [0.15, 0.2) is 36.4 Å². The number of nitrogens with one attached hydrogen (secondary N) is 1. The Morgan fingerprint density at radius 1 is 1.26 bits per heavy atom. The van der Waals surface area contributed by atoms with Gasteiger partial charge >= 0.3 is 6.18 Å². The first-order chi connectivity index (χ1) is 14.4. The standard InChI is InChI=1S/C21H20ClF3N2O4/c1-4-26-18(28)11-20(2)19(29)27(3)15-7-6-13(10-17(15)31-20)30-16-8-5-12(9-14(16)22)21(23,24)25/h5-10H,4,11H2,1-3H3,(H,26,28). The third-order valence-corrected chi connectivity index (χ3v) is 5.04. The van der Waals surface area contributed by atoms with Crippen LogP contribution in [-0.2, 0) is 15.8 Å². The van der Waals surface area contributed by atoms with Crippen LogP contribution >= 0.6 is 11.6 Å². The van der Waals surface area contributed by atoms with Crippen LogP contribution in [-0.4, -0.2) is 31.0 Å². The first-order valence-corrected chi connectivity index (χ1v) is 9.75. The van der Waals surface area contributed by atoms with E-state index in [0.29, 0.717) is 12.2 Å². The zero-order chi connectivity index (χ0) is 23.0. The molecule has 1 atom stereocenters. The van der Waals surface area contributed by atoms with Crippen molar-refractivity contribution in [3.8, 4) is 17.2 Å². The van der Waals surface area contributed by atoms with E-state index in [9.17, 15) is 22.8 Å². The number of anilines is 1. The number of amides is 2. The summed E-state index contributed by atoms with van der Waals surface area (Å²) in [6, 6.07) is 7.37. The van der Waals surface area contributed by atoms with Crippen LogP contribution in [0.25, 0.3) is 0 Å². The van der Waals surface area contributed by atoms with Crippen molar-refractivity contribution in [2.75, 3.05) is 18.5 Å². The Hall–Kier alpha value is -2.94. The van der Waals surface area contributed by atoms with Gasteiger partial charge in [-0.1, -0.05) is 11.6 Å². The van der Waals surface area contributed by atoms with Crippen LogP contribution in [0.1, 0.15) is 25.8 Å². The number of nitrogens with zero attached hydrogens (tertiary/aromatic N) is 1. The molecule has 2 amide bonds. The van der Waals surface area contributed by atoms with Crippen LogP contribution < -0.4 is 19.7 Å². The number of alkyl halides is 3. The normalized spacial score (nSPS) is 18.3. The lowest BCUT2D eigenvalue weighted by Gasteiger charge is -2.38. The van der Waals surface area contributed by atoms with E-state index in [0.717, 1.165) is 18.2 Å². The quantitative estimate of drug-likeness (QED) is 0.702. The second kappa shape index (κ2) is 8.30. The van der Waals surface area contributed by atoms with Gasteiger partial charge in [0.2, 0.25) is 5.91 Å². The average Bonchev–Trinajstić information content (AvgIpc) is 2.67. The summed E-state index contributed by atoms with van der Waals surface area (Å²) < 4.78 is 50.0. The van der Waals surface area contributed by atoms with Gasteiger partial charge in [0, 0.05) is 19.7 Å².